The van der Waals surface area contributed by atoms with E-state index in [2.05, 4.69) is 152 Å². The van der Waals surface area contributed by atoms with Crippen molar-refractivity contribution in [1.29, 1.82) is 0 Å². The van der Waals surface area contributed by atoms with Gasteiger partial charge in [0.15, 0.2) is 17.5 Å². The predicted octanol–water partition coefficient (Wildman–Crippen LogP) is 13.5. The first-order chi connectivity index (χ1) is 26.8. The minimum absolute atomic E-state index is 0.646. The zero-order valence-corrected chi connectivity index (χ0v) is 29.2. The summed E-state index contributed by atoms with van der Waals surface area (Å²) in [5.41, 5.74) is 5.12. The summed E-state index contributed by atoms with van der Waals surface area (Å²) < 4.78 is 0. The smallest absolute Gasteiger partial charge is 0.164 e. The molecule has 0 unspecified atom stereocenters. The van der Waals surface area contributed by atoms with Crippen LogP contribution in [0.5, 0.6) is 0 Å². The Balaban J connectivity index is 1.27. The Kier molecular flexibility index (Phi) is 6.86. The van der Waals surface area contributed by atoms with Gasteiger partial charge in [0.05, 0.1) is 0 Å². The van der Waals surface area contributed by atoms with Gasteiger partial charge in [0.2, 0.25) is 0 Å². The van der Waals surface area contributed by atoms with Crippen molar-refractivity contribution in [1.82, 2.24) is 15.0 Å². The minimum atomic E-state index is 0.646. The van der Waals surface area contributed by atoms with Crippen molar-refractivity contribution in [3.63, 3.8) is 0 Å². The first kappa shape index (κ1) is 30.4. The lowest BCUT2D eigenvalue weighted by Crippen LogP contribution is -2.01. The Hall–Kier alpha value is -7.23. The van der Waals surface area contributed by atoms with Gasteiger partial charge < -0.3 is 0 Å². The van der Waals surface area contributed by atoms with Crippen LogP contribution in [-0.4, -0.2) is 15.0 Å². The lowest BCUT2D eigenvalue weighted by atomic mass is 9.87. The van der Waals surface area contributed by atoms with Crippen LogP contribution in [0.4, 0.5) is 0 Å². The topological polar surface area (TPSA) is 38.7 Å². The van der Waals surface area contributed by atoms with Crippen LogP contribution in [-0.2, 0) is 0 Å². The summed E-state index contributed by atoms with van der Waals surface area (Å²) in [6, 6.07) is 67.0. The largest absolute Gasteiger partial charge is 0.208 e. The summed E-state index contributed by atoms with van der Waals surface area (Å²) in [5.74, 6) is 1.94. The second kappa shape index (κ2) is 12.2. The average Bonchev–Trinajstić information content (AvgIpc) is 3.26. The van der Waals surface area contributed by atoms with Crippen molar-refractivity contribution in [2.24, 2.45) is 0 Å². The Morgan fingerprint density at radius 2 is 0.593 bits per heavy atom. The molecule has 0 aliphatic rings. The van der Waals surface area contributed by atoms with Crippen molar-refractivity contribution in [3.8, 4) is 45.3 Å². The van der Waals surface area contributed by atoms with Crippen LogP contribution in [0, 0.1) is 0 Å². The maximum atomic E-state index is 5.27. The maximum Gasteiger partial charge on any atom is 0.164 e. The normalized spacial score (nSPS) is 11.7. The van der Waals surface area contributed by atoms with Gasteiger partial charge in [0, 0.05) is 22.1 Å². The van der Waals surface area contributed by atoms with Crippen LogP contribution in [0.15, 0.2) is 188 Å². The van der Waals surface area contributed by atoms with Crippen molar-refractivity contribution >= 4 is 64.6 Å². The molecule has 0 saturated heterocycles. The molecule has 11 aromatic rings. The third kappa shape index (κ3) is 4.79. The van der Waals surface area contributed by atoms with Gasteiger partial charge in [0.25, 0.3) is 0 Å². The fourth-order valence-corrected chi connectivity index (χ4v) is 8.39. The van der Waals surface area contributed by atoms with E-state index in [0.717, 1.165) is 33.2 Å². The van der Waals surface area contributed by atoms with E-state index in [0.29, 0.717) is 17.5 Å². The predicted molar refractivity (Wildman–Crippen MR) is 227 cm³/mol. The maximum absolute atomic E-state index is 5.27. The lowest BCUT2D eigenvalue weighted by Gasteiger charge is -2.17. The summed E-state index contributed by atoms with van der Waals surface area (Å²) in [6.45, 7) is 0. The van der Waals surface area contributed by atoms with Crippen molar-refractivity contribution in [3.05, 3.63) is 188 Å². The number of benzene rings is 10. The van der Waals surface area contributed by atoms with Crippen molar-refractivity contribution in [2.45, 2.75) is 0 Å². The van der Waals surface area contributed by atoms with E-state index in [-0.39, 0.29) is 0 Å². The minimum Gasteiger partial charge on any atom is -0.208 e. The van der Waals surface area contributed by atoms with E-state index in [9.17, 15) is 0 Å². The van der Waals surface area contributed by atoms with Crippen LogP contribution in [0.25, 0.3) is 110 Å². The van der Waals surface area contributed by atoms with Crippen LogP contribution in [0.3, 0.4) is 0 Å². The van der Waals surface area contributed by atoms with Crippen LogP contribution in [0.2, 0.25) is 0 Å². The molecular weight excluding hydrogens is 655 g/mol. The molecule has 0 radical (unpaired) electrons. The molecular formula is C51H31N3. The van der Waals surface area contributed by atoms with Crippen molar-refractivity contribution < 1.29 is 0 Å². The number of hydrogen-bond donors (Lipinski definition) is 0. The van der Waals surface area contributed by atoms with Crippen LogP contribution < -0.4 is 0 Å². The summed E-state index contributed by atoms with van der Waals surface area (Å²) in [7, 11) is 0. The highest BCUT2D eigenvalue weighted by Crippen LogP contribution is 2.44. The van der Waals surface area contributed by atoms with Gasteiger partial charge in [-0.3, -0.25) is 0 Å². The van der Waals surface area contributed by atoms with Crippen LogP contribution in [0.1, 0.15) is 0 Å². The molecule has 0 fully saturated rings. The molecule has 0 aliphatic carbocycles. The lowest BCUT2D eigenvalue weighted by molar-refractivity contribution is 1.08. The number of aromatic nitrogens is 3. The van der Waals surface area contributed by atoms with E-state index in [4.69, 9.17) is 15.0 Å². The standard InChI is InChI=1S/C51H31N3/c1-3-15-32(16-4-1)49-52-50(33-17-5-2-6-18-33)54-51(53-49)47-31-35(30-46-42-25-12-10-22-39(42)40-23-13-14-26-44(40)48(46)47)34-27-28-43-38-21-8-7-19-36(38)37-20-9-11-24-41(37)45(43)29-34/h1-31H. The Bertz CT molecular complexity index is 3170. The number of rotatable bonds is 4. The molecule has 3 nitrogen and oxygen atoms in total. The molecule has 250 valence electrons. The molecule has 1 heterocycles. The third-order valence-electron chi connectivity index (χ3n) is 10.9. The highest BCUT2D eigenvalue weighted by Gasteiger charge is 2.20. The quantitative estimate of drug-likeness (QED) is 0.173. The fraction of sp³-hybridized carbons (Fsp3) is 0. The van der Waals surface area contributed by atoms with E-state index in [1.165, 1.54) is 59.2 Å². The van der Waals surface area contributed by atoms with Crippen LogP contribution >= 0.6 is 0 Å². The number of fused-ring (bicyclic) bond motifs is 12. The van der Waals surface area contributed by atoms with E-state index in [1.54, 1.807) is 0 Å². The van der Waals surface area contributed by atoms with E-state index in [1.807, 2.05) is 36.4 Å². The Morgan fingerprint density at radius 1 is 0.222 bits per heavy atom. The van der Waals surface area contributed by atoms with E-state index >= 15 is 0 Å². The third-order valence-corrected chi connectivity index (χ3v) is 10.9. The summed E-state index contributed by atoms with van der Waals surface area (Å²) in [6.07, 6.45) is 0. The molecule has 0 saturated carbocycles. The summed E-state index contributed by atoms with van der Waals surface area (Å²) in [4.78, 5) is 15.6. The summed E-state index contributed by atoms with van der Waals surface area (Å²) in [5, 5.41) is 14.7. The SMILES string of the molecule is c1ccc(-c2nc(-c3ccccc3)nc(-c3cc(-c4ccc5c6ccccc6c6ccccc6c5c4)cc4c5ccccc5c5ccccc5c34)n2)cc1. The van der Waals surface area contributed by atoms with Gasteiger partial charge in [-0.25, -0.2) is 15.0 Å². The first-order valence-electron chi connectivity index (χ1n) is 18.4. The highest BCUT2D eigenvalue weighted by molar-refractivity contribution is 6.29. The molecule has 0 atom stereocenters. The van der Waals surface area contributed by atoms with Gasteiger partial charge in [-0.05, 0) is 88.6 Å². The van der Waals surface area contributed by atoms with Gasteiger partial charge >= 0.3 is 0 Å². The second-order valence-corrected chi connectivity index (χ2v) is 13.9. The fourth-order valence-electron chi connectivity index (χ4n) is 8.39. The number of nitrogens with zero attached hydrogens (tertiary/aromatic N) is 3. The molecule has 1 aromatic heterocycles. The zero-order valence-electron chi connectivity index (χ0n) is 29.2. The van der Waals surface area contributed by atoms with E-state index < -0.39 is 0 Å². The summed E-state index contributed by atoms with van der Waals surface area (Å²) >= 11 is 0. The Labute approximate surface area is 311 Å². The van der Waals surface area contributed by atoms with Gasteiger partial charge in [-0.2, -0.15) is 0 Å². The molecule has 0 aliphatic heterocycles. The van der Waals surface area contributed by atoms with Gasteiger partial charge in [-0.15, -0.1) is 0 Å². The molecule has 54 heavy (non-hydrogen) atoms. The second-order valence-electron chi connectivity index (χ2n) is 13.9. The zero-order chi connectivity index (χ0) is 35.6. The molecule has 10 aromatic carbocycles. The molecule has 11 rings (SSSR count). The molecule has 3 heteroatoms. The molecule has 0 spiro atoms. The number of hydrogen-bond acceptors (Lipinski definition) is 3. The van der Waals surface area contributed by atoms with Crippen molar-refractivity contribution in [2.75, 3.05) is 0 Å². The highest BCUT2D eigenvalue weighted by atomic mass is 15.0. The first-order valence-corrected chi connectivity index (χ1v) is 18.4. The average molecular weight is 686 g/mol. The molecule has 0 amide bonds. The monoisotopic (exact) mass is 685 g/mol. The Morgan fingerprint density at radius 3 is 1.11 bits per heavy atom. The molecule has 0 N–H and O–H groups in total. The molecule has 0 bridgehead atoms. The van der Waals surface area contributed by atoms with Gasteiger partial charge in [-0.1, -0.05) is 170 Å². The van der Waals surface area contributed by atoms with Gasteiger partial charge in [0.1, 0.15) is 0 Å².